The second-order valence-electron chi connectivity index (χ2n) is 4.80. The van der Waals surface area contributed by atoms with E-state index in [1.54, 1.807) is 4.57 Å². The van der Waals surface area contributed by atoms with Crippen molar-refractivity contribution in [3.8, 4) is 6.01 Å². The third kappa shape index (κ3) is 1.68. The molecule has 1 unspecified atom stereocenters. The molecule has 3 rings (SSSR count). The highest BCUT2D eigenvalue weighted by atomic mass is 16.6. The molecule has 1 saturated heterocycles. The first-order valence-electron chi connectivity index (χ1n) is 6.24. The number of ether oxygens (including phenoxy) is 2. The highest BCUT2D eigenvalue weighted by Crippen LogP contribution is 2.45. The minimum absolute atomic E-state index is 0.0144. The van der Waals surface area contributed by atoms with Crippen LogP contribution in [0.2, 0.25) is 0 Å². The van der Waals surface area contributed by atoms with Gasteiger partial charge < -0.3 is 14.6 Å². The maximum atomic E-state index is 11.2. The van der Waals surface area contributed by atoms with Crippen LogP contribution in [-0.2, 0) is 4.74 Å². The van der Waals surface area contributed by atoms with Crippen molar-refractivity contribution in [1.29, 1.82) is 0 Å². The van der Waals surface area contributed by atoms with E-state index in [4.69, 9.17) is 15.0 Å². The van der Waals surface area contributed by atoms with Crippen molar-refractivity contribution in [3.05, 3.63) is 33.1 Å². The molecule has 4 atom stereocenters. The van der Waals surface area contributed by atoms with Gasteiger partial charge in [-0.1, -0.05) is 12.0 Å². The Bertz CT molecular complexity index is 640. The van der Waals surface area contributed by atoms with E-state index in [9.17, 15) is 9.90 Å². The van der Waals surface area contributed by atoms with Crippen LogP contribution in [-0.4, -0.2) is 39.0 Å². The Kier molecular flexibility index (Phi) is 2.89. The maximum absolute atomic E-state index is 11.2. The number of aliphatic hydroxyl groups excluding tert-OH is 1. The highest BCUT2D eigenvalue weighted by molar-refractivity contribution is 5.14. The first kappa shape index (κ1) is 12.9. The average Bonchev–Trinajstić information content (AvgIpc) is 2.92. The van der Waals surface area contributed by atoms with E-state index in [-0.39, 0.29) is 12.6 Å². The summed E-state index contributed by atoms with van der Waals surface area (Å²) >= 11 is 0. The van der Waals surface area contributed by atoms with Gasteiger partial charge in [-0.2, -0.15) is 4.98 Å². The van der Waals surface area contributed by atoms with Crippen molar-refractivity contribution in [2.45, 2.75) is 37.4 Å². The maximum Gasteiger partial charge on any atom is 0.302 e. The number of azide groups is 1. The van der Waals surface area contributed by atoms with Crippen molar-refractivity contribution in [2.75, 3.05) is 6.54 Å². The normalized spacial score (nSPS) is 34.0. The molecule has 3 heterocycles. The first-order chi connectivity index (χ1) is 9.61. The van der Waals surface area contributed by atoms with E-state index in [0.717, 1.165) is 0 Å². The van der Waals surface area contributed by atoms with E-state index in [0.29, 0.717) is 6.42 Å². The van der Waals surface area contributed by atoms with Crippen LogP contribution in [0.15, 0.2) is 22.2 Å². The van der Waals surface area contributed by atoms with Crippen LogP contribution in [0, 0.1) is 0 Å². The number of hydrogen-bond acceptors (Lipinski definition) is 6. The quantitative estimate of drug-likeness (QED) is 0.486. The van der Waals surface area contributed by atoms with Gasteiger partial charge in [-0.15, -0.1) is 0 Å². The Morgan fingerprint density at radius 3 is 3.20 bits per heavy atom. The highest BCUT2D eigenvalue weighted by Gasteiger charge is 2.58. The lowest BCUT2D eigenvalue weighted by Crippen LogP contribution is -2.46. The average molecular weight is 279 g/mol. The number of hydrogen-bond donors (Lipinski definition) is 1. The summed E-state index contributed by atoms with van der Waals surface area (Å²) in [4.78, 5) is 17.6. The van der Waals surface area contributed by atoms with Gasteiger partial charge in [0.05, 0.1) is 6.54 Å². The monoisotopic (exact) mass is 279 g/mol. The molecule has 0 aliphatic carbocycles. The molecular weight excluding hydrogens is 266 g/mol. The van der Waals surface area contributed by atoms with Crippen LogP contribution < -0.4 is 10.3 Å². The summed E-state index contributed by atoms with van der Waals surface area (Å²) in [6.07, 6.45) is -0.242. The Labute approximate surface area is 113 Å². The number of aromatic nitrogens is 2. The van der Waals surface area contributed by atoms with Crippen molar-refractivity contribution >= 4 is 0 Å². The summed E-state index contributed by atoms with van der Waals surface area (Å²) < 4.78 is 12.9. The smallest absolute Gasteiger partial charge is 0.302 e. The molecule has 9 nitrogen and oxygen atoms in total. The van der Waals surface area contributed by atoms with Gasteiger partial charge in [0.1, 0.15) is 11.7 Å². The fourth-order valence-electron chi connectivity index (χ4n) is 2.66. The van der Waals surface area contributed by atoms with Crippen LogP contribution in [0.25, 0.3) is 10.4 Å². The Morgan fingerprint density at radius 1 is 1.70 bits per heavy atom. The van der Waals surface area contributed by atoms with Gasteiger partial charge in [-0.25, -0.2) is 0 Å². The number of aliphatic hydroxyl groups is 1. The Hall–Kier alpha value is -2.09. The third-order valence-corrected chi connectivity index (χ3v) is 3.81. The second-order valence-corrected chi connectivity index (χ2v) is 4.80. The van der Waals surface area contributed by atoms with Gasteiger partial charge in [0.25, 0.3) is 5.56 Å². The minimum atomic E-state index is -0.984. The van der Waals surface area contributed by atoms with Gasteiger partial charge in [-0.05, 0) is 12.0 Å². The van der Waals surface area contributed by atoms with Gasteiger partial charge >= 0.3 is 6.01 Å². The number of nitrogens with zero attached hydrogens (tertiary/aromatic N) is 5. The molecule has 20 heavy (non-hydrogen) atoms. The summed E-state index contributed by atoms with van der Waals surface area (Å²) in [5, 5.41) is 13.9. The van der Waals surface area contributed by atoms with Gasteiger partial charge in [0, 0.05) is 17.2 Å². The molecule has 9 heteroatoms. The van der Waals surface area contributed by atoms with Crippen molar-refractivity contribution in [2.24, 2.45) is 5.11 Å². The SMILES string of the molecule is CC[C@@]1(CN=[N+]=[N-])OC2[C@@H](Oc3nc(=O)ccn32)[C@@H]1O. The molecular formula is C11H13N5O4. The largest absolute Gasteiger partial charge is 0.453 e. The zero-order valence-electron chi connectivity index (χ0n) is 10.7. The van der Waals surface area contributed by atoms with Gasteiger partial charge in [0.15, 0.2) is 12.3 Å². The van der Waals surface area contributed by atoms with Crippen molar-refractivity contribution in [1.82, 2.24) is 9.55 Å². The van der Waals surface area contributed by atoms with Crippen LogP contribution in [0.4, 0.5) is 0 Å². The van der Waals surface area contributed by atoms with Crippen LogP contribution in [0.3, 0.4) is 0 Å². The van der Waals surface area contributed by atoms with E-state index in [1.165, 1.54) is 12.3 Å². The summed E-state index contributed by atoms with van der Waals surface area (Å²) in [6, 6.07) is 1.42. The lowest BCUT2D eigenvalue weighted by Gasteiger charge is -2.30. The fourth-order valence-corrected chi connectivity index (χ4v) is 2.66. The van der Waals surface area contributed by atoms with Crippen molar-refractivity contribution in [3.63, 3.8) is 0 Å². The molecule has 106 valence electrons. The molecule has 0 saturated carbocycles. The summed E-state index contributed by atoms with van der Waals surface area (Å²) in [7, 11) is 0. The molecule has 0 aromatic carbocycles. The molecule has 0 spiro atoms. The molecule has 2 aliphatic heterocycles. The minimum Gasteiger partial charge on any atom is -0.453 e. The van der Waals surface area contributed by atoms with E-state index in [1.807, 2.05) is 6.92 Å². The predicted molar refractivity (Wildman–Crippen MR) is 66.1 cm³/mol. The fraction of sp³-hybridized carbons (Fsp3) is 0.636. The van der Waals surface area contributed by atoms with Crippen molar-refractivity contribution < 1.29 is 14.6 Å². The van der Waals surface area contributed by atoms with E-state index < -0.39 is 29.6 Å². The standard InChI is InChI=1S/C11H13N5O4/c1-2-11(5-13-15-12)8(18)7-9(20-11)16-4-3-6(17)14-10(16)19-7/h3-4,7-9,18H,2,5H2,1H3/t7-,8-,9?,11-/m0/s1. The molecule has 1 aromatic rings. The first-order valence-corrected chi connectivity index (χ1v) is 6.24. The predicted octanol–water partition coefficient (Wildman–Crippen LogP) is 0.353. The molecule has 0 bridgehead atoms. The zero-order valence-corrected chi connectivity index (χ0v) is 10.7. The van der Waals surface area contributed by atoms with Gasteiger partial charge in [-0.3, -0.25) is 9.36 Å². The zero-order chi connectivity index (χ0) is 14.3. The summed E-state index contributed by atoms with van der Waals surface area (Å²) in [6.45, 7) is 1.85. The molecule has 1 N–H and O–H groups in total. The summed E-state index contributed by atoms with van der Waals surface area (Å²) in [5.41, 5.74) is 7.06. The third-order valence-electron chi connectivity index (χ3n) is 3.81. The molecule has 0 radical (unpaired) electrons. The van der Waals surface area contributed by atoms with Crippen LogP contribution >= 0.6 is 0 Å². The van der Waals surface area contributed by atoms with Crippen LogP contribution in [0.5, 0.6) is 6.01 Å². The van der Waals surface area contributed by atoms with Gasteiger partial charge in [0.2, 0.25) is 0 Å². The molecule has 0 amide bonds. The van der Waals surface area contributed by atoms with E-state index >= 15 is 0 Å². The lowest BCUT2D eigenvalue weighted by molar-refractivity contribution is -0.0978. The molecule has 2 aliphatic rings. The Morgan fingerprint density at radius 2 is 2.50 bits per heavy atom. The molecule has 1 fully saturated rings. The molecule has 1 aromatic heterocycles. The van der Waals surface area contributed by atoms with Crippen LogP contribution in [0.1, 0.15) is 19.6 Å². The Balaban J connectivity index is 1.96. The number of fused-ring (bicyclic) bond motifs is 3. The second kappa shape index (κ2) is 4.48. The lowest BCUT2D eigenvalue weighted by atomic mass is 9.92. The van der Waals surface area contributed by atoms with E-state index in [2.05, 4.69) is 15.0 Å². The topological polar surface area (TPSA) is 122 Å². The summed E-state index contributed by atoms with van der Waals surface area (Å²) in [5.74, 6) is 0. The number of rotatable bonds is 3.